The van der Waals surface area contributed by atoms with Crippen LogP contribution >= 0.6 is 0 Å². The van der Waals surface area contributed by atoms with Gasteiger partial charge in [0, 0.05) is 16.5 Å². The number of anilines is 3. The van der Waals surface area contributed by atoms with Crippen molar-refractivity contribution in [1.82, 2.24) is 0 Å². The molecule has 2 bridgehead atoms. The highest BCUT2D eigenvalue weighted by atomic mass is 16.5. The molecule has 2 nitrogen and oxygen atoms in total. The minimum Gasteiger partial charge on any atom is -0.457 e. The lowest BCUT2D eigenvalue weighted by Crippen LogP contribution is -2.74. The monoisotopic (exact) mass is 687 g/mol. The molecular weight excluding hydrogens is 631 g/mol. The van der Waals surface area contributed by atoms with Crippen molar-refractivity contribution in [2.45, 2.75) is 134 Å². The first-order chi connectivity index (χ1) is 24.7. The van der Waals surface area contributed by atoms with Crippen LogP contribution in [0.2, 0.25) is 0 Å². The molecule has 4 aromatic rings. The molecule has 0 radical (unpaired) electrons. The third-order valence-corrected chi connectivity index (χ3v) is 16.8. The molecule has 2 spiro atoms. The van der Waals surface area contributed by atoms with Crippen molar-refractivity contribution in [3.05, 3.63) is 112 Å². The quantitative estimate of drug-likeness (QED) is 0.213. The predicted molar refractivity (Wildman–Crippen MR) is 214 cm³/mol. The molecule has 6 unspecified atom stereocenters. The van der Waals surface area contributed by atoms with Gasteiger partial charge >= 0.3 is 0 Å². The minimum atomic E-state index is -0.0159. The maximum absolute atomic E-state index is 7.11. The molecule has 1 heterocycles. The summed E-state index contributed by atoms with van der Waals surface area (Å²) < 4.78 is 7.11. The summed E-state index contributed by atoms with van der Waals surface area (Å²) in [6.45, 7) is 20.0. The Morgan fingerprint density at radius 2 is 1.00 bits per heavy atom. The van der Waals surface area contributed by atoms with E-state index >= 15 is 0 Å². The predicted octanol–water partition coefficient (Wildman–Crippen LogP) is 13.3. The lowest BCUT2D eigenvalue weighted by atomic mass is 9.26. The summed E-state index contributed by atoms with van der Waals surface area (Å²) in [4.78, 5) is 2.80. The molecule has 11 rings (SSSR count). The van der Waals surface area contributed by atoms with Gasteiger partial charge in [-0.25, -0.2) is 0 Å². The number of benzene rings is 4. The van der Waals surface area contributed by atoms with Crippen molar-refractivity contribution >= 4 is 17.1 Å². The number of para-hydroxylation sites is 1. The van der Waals surface area contributed by atoms with Crippen LogP contribution in [-0.2, 0) is 27.1 Å². The molecule has 6 aliphatic carbocycles. The number of hydrogen-bond donors (Lipinski definition) is 0. The second-order valence-corrected chi connectivity index (χ2v) is 21.1. The van der Waals surface area contributed by atoms with E-state index in [0.29, 0.717) is 17.3 Å². The number of ether oxygens (including phenoxy) is 1. The second kappa shape index (κ2) is 9.77. The molecule has 0 aromatic heterocycles. The smallest absolute Gasteiger partial charge is 0.133 e. The molecule has 268 valence electrons. The van der Waals surface area contributed by atoms with Crippen LogP contribution in [0.1, 0.15) is 140 Å². The Balaban J connectivity index is 1.25. The van der Waals surface area contributed by atoms with Crippen molar-refractivity contribution in [1.29, 1.82) is 0 Å². The molecule has 52 heavy (non-hydrogen) atoms. The Hall–Kier alpha value is -3.52. The molecule has 4 fully saturated rings. The molecule has 4 aromatic carbocycles. The summed E-state index contributed by atoms with van der Waals surface area (Å²) in [7, 11) is 0. The van der Waals surface area contributed by atoms with Gasteiger partial charge in [0.15, 0.2) is 0 Å². The van der Waals surface area contributed by atoms with Crippen LogP contribution in [-0.4, -0.2) is 0 Å². The molecule has 6 atom stereocenters. The van der Waals surface area contributed by atoms with Gasteiger partial charge in [-0.1, -0.05) is 104 Å². The number of rotatable bonds is 3. The summed E-state index contributed by atoms with van der Waals surface area (Å²) in [5.41, 5.74) is 14.0. The van der Waals surface area contributed by atoms with E-state index < -0.39 is 0 Å². The Kier molecular flexibility index (Phi) is 6.00. The van der Waals surface area contributed by atoms with Crippen molar-refractivity contribution in [2.75, 3.05) is 4.90 Å². The lowest BCUT2D eigenvalue weighted by Gasteiger charge is -2.77. The highest BCUT2D eigenvalue weighted by molar-refractivity contribution is 5.88. The van der Waals surface area contributed by atoms with Crippen LogP contribution in [0, 0.1) is 29.1 Å². The van der Waals surface area contributed by atoms with Gasteiger partial charge in [0.1, 0.15) is 11.5 Å². The SMILES string of the molecule is CC1(C)CCC(C)(C)c2c(N(c3cccc4c3C(C)(C)CCC4(C)C)c3cccc4c3C3(c5ccccc5O4)C4CC5CC6CC3C64C5)cccc21. The van der Waals surface area contributed by atoms with E-state index in [1.165, 1.54) is 102 Å². The first-order valence-corrected chi connectivity index (χ1v) is 20.7. The van der Waals surface area contributed by atoms with E-state index in [2.05, 4.69) is 139 Å². The molecule has 4 saturated carbocycles. The second-order valence-electron chi connectivity index (χ2n) is 21.1. The van der Waals surface area contributed by atoms with Gasteiger partial charge in [0.25, 0.3) is 0 Å². The van der Waals surface area contributed by atoms with E-state index in [0.717, 1.165) is 23.3 Å². The Morgan fingerprint density at radius 1 is 0.500 bits per heavy atom. The fraction of sp³-hybridized carbons (Fsp3) is 0.520. The number of fused-ring (bicyclic) bond motifs is 9. The third-order valence-electron chi connectivity index (χ3n) is 16.8. The average molecular weight is 688 g/mol. The van der Waals surface area contributed by atoms with Gasteiger partial charge in [-0.3, -0.25) is 0 Å². The summed E-state index contributed by atoms with van der Waals surface area (Å²) in [6, 6.07) is 30.9. The van der Waals surface area contributed by atoms with E-state index in [4.69, 9.17) is 4.74 Å². The van der Waals surface area contributed by atoms with Crippen LogP contribution in [0.3, 0.4) is 0 Å². The van der Waals surface area contributed by atoms with E-state index in [-0.39, 0.29) is 27.1 Å². The highest BCUT2D eigenvalue weighted by Crippen LogP contribution is 2.90. The molecule has 1 aliphatic heterocycles. The maximum atomic E-state index is 7.11. The zero-order chi connectivity index (χ0) is 35.8. The Bertz CT molecular complexity index is 2120. The van der Waals surface area contributed by atoms with E-state index in [1.54, 1.807) is 0 Å². The summed E-state index contributed by atoms with van der Waals surface area (Å²) in [6.07, 6.45) is 10.5. The standard InChI is InChI=1S/C50H57NO/c1-45(2)22-24-47(5,6)42-33(45)15-11-17-35(42)51(36-18-12-16-34-43(36)48(7,8)25-23-46(34,3)4)37-19-13-21-39-44(37)50(32-14-9-10-20-38(32)52-39)40-27-30-26-31-28-41(50)49(31,40)29-30/h9-21,30-31,40-41H,22-29H2,1-8H3. The maximum Gasteiger partial charge on any atom is 0.133 e. The highest BCUT2D eigenvalue weighted by Gasteiger charge is 2.85. The van der Waals surface area contributed by atoms with Gasteiger partial charge in [0.05, 0.1) is 17.1 Å². The van der Waals surface area contributed by atoms with Crippen LogP contribution in [0.5, 0.6) is 11.5 Å². The van der Waals surface area contributed by atoms with Crippen LogP contribution in [0.25, 0.3) is 0 Å². The summed E-state index contributed by atoms with van der Waals surface area (Å²) >= 11 is 0. The average Bonchev–Trinajstić information content (AvgIpc) is 3.64. The van der Waals surface area contributed by atoms with Gasteiger partial charge < -0.3 is 9.64 Å². The summed E-state index contributed by atoms with van der Waals surface area (Å²) in [5, 5.41) is 0. The molecule has 7 aliphatic rings. The van der Waals surface area contributed by atoms with Crippen LogP contribution in [0.4, 0.5) is 17.1 Å². The minimum absolute atomic E-state index is 0.0159. The van der Waals surface area contributed by atoms with Crippen molar-refractivity contribution < 1.29 is 4.74 Å². The van der Waals surface area contributed by atoms with Crippen molar-refractivity contribution in [2.24, 2.45) is 29.1 Å². The molecule has 2 heteroatoms. The van der Waals surface area contributed by atoms with Gasteiger partial charge in [-0.2, -0.15) is 0 Å². The number of nitrogens with zero attached hydrogens (tertiary/aromatic N) is 1. The first kappa shape index (κ1) is 32.0. The zero-order valence-corrected chi connectivity index (χ0v) is 32.8. The van der Waals surface area contributed by atoms with Gasteiger partial charge in [-0.05, 0) is 155 Å². The fourth-order valence-corrected chi connectivity index (χ4v) is 14.5. The normalized spacial score (nSPS) is 33.7. The summed E-state index contributed by atoms with van der Waals surface area (Å²) in [5.74, 6) is 5.40. The van der Waals surface area contributed by atoms with E-state index in [9.17, 15) is 0 Å². The zero-order valence-electron chi connectivity index (χ0n) is 32.8. The molecule has 0 N–H and O–H groups in total. The van der Waals surface area contributed by atoms with Gasteiger partial charge in [0.2, 0.25) is 0 Å². The fourth-order valence-electron chi connectivity index (χ4n) is 14.5. The number of hydrogen-bond acceptors (Lipinski definition) is 2. The topological polar surface area (TPSA) is 12.5 Å². The van der Waals surface area contributed by atoms with Crippen molar-refractivity contribution in [3.63, 3.8) is 0 Å². The lowest BCUT2D eigenvalue weighted by molar-refractivity contribution is -0.234. The van der Waals surface area contributed by atoms with E-state index in [1.807, 2.05) is 0 Å². The van der Waals surface area contributed by atoms with Crippen LogP contribution < -0.4 is 9.64 Å². The largest absolute Gasteiger partial charge is 0.457 e. The Labute approximate surface area is 312 Å². The molecule has 0 amide bonds. The molecular formula is C50H57NO. The first-order valence-electron chi connectivity index (χ1n) is 20.7. The van der Waals surface area contributed by atoms with Crippen molar-refractivity contribution in [3.8, 4) is 11.5 Å². The third kappa shape index (κ3) is 3.64. The van der Waals surface area contributed by atoms with Gasteiger partial charge in [-0.15, -0.1) is 0 Å². The van der Waals surface area contributed by atoms with Crippen LogP contribution in [0.15, 0.2) is 78.9 Å². The molecule has 0 saturated heterocycles. The Morgan fingerprint density at radius 3 is 1.62 bits per heavy atom.